The van der Waals surface area contributed by atoms with Crippen molar-refractivity contribution in [3.05, 3.63) is 95.8 Å². The molecule has 0 saturated carbocycles. The number of nitrogens with zero attached hydrogens (tertiary/aromatic N) is 3. The molecule has 0 N–H and O–H groups in total. The van der Waals surface area contributed by atoms with Gasteiger partial charge in [-0.1, -0.05) is 48.5 Å². The van der Waals surface area contributed by atoms with Crippen molar-refractivity contribution in [3.8, 4) is 17.3 Å². The van der Waals surface area contributed by atoms with Crippen LogP contribution in [0.15, 0.2) is 79.0 Å². The molecule has 118 valence electrons. The minimum absolute atomic E-state index is 0.0846. The third-order valence-electron chi connectivity index (χ3n) is 4.07. The highest BCUT2D eigenvalue weighted by atomic mass is 16.1. The predicted octanol–water partition coefficient (Wildman–Crippen LogP) is 4.10. The second-order valence-corrected chi connectivity index (χ2v) is 5.62. The lowest BCUT2D eigenvalue weighted by atomic mass is 10.0. The molecule has 4 aromatic rings. The zero-order valence-electron chi connectivity index (χ0n) is 13.3. The van der Waals surface area contributed by atoms with Crippen molar-refractivity contribution in [2.45, 2.75) is 0 Å². The second-order valence-electron chi connectivity index (χ2n) is 5.62. The number of ketones is 1. The van der Waals surface area contributed by atoms with Crippen molar-refractivity contribution >= 4 is 11.4 Å². The third-order valence-corrected chi connectivity index (χ3v) is 4.07. The van der Waals surface area contributed by atoms with Gasteiger partial charge in [-0.05, 0) is 24.3 Å². The summed E-state index contributed by atoms with van der Waals surface area (Å²) in [4.78, 5) is 17.8. The van der Waals surface area contributed by atoms with Gasteiger partial charge in [-0.15, -0.1) is 0 Å². The van der Waals surface area contributed by atoms with E-state index in [2.05, 4.69) is 11.1 Å². The fraction of sp³-hybridized carbons (Fsp3) is 0. The Kier molecular flexibility index (Phi) is 3.60. The fourth-order valence-electron chi connectivity index (χ4n) is 2.84. The number of benzene rings is 2. The van der Waals surface area contributed by atoms with Crippen LogP contribution in [0.4, 0.5) is 0 Å². The van der Waals surface area contributed by atoms with Gasteiger partial charge >= 0.3 is 0 Å². The average Bonchev–Trinajstić information content (AvgIpc) is 3.07. The molecule has 0 atom stereocenters. The van der Waals surface area contributed by atoms with Crippen LogP contribution in [0.5, 0.6) is 0 Å². The van der Waals surface area contributed by atoms with Crippen LogP contribution in [-0.4, -0.2) is 15.2 Å². The van der Waals surface area contributed by atoms with Gasteiger partial charge in [-0.3, -0.25) is 9.20 Å². The first-order valence-electron chi connectivity index (χ1n) is 7.85. The quantitative estimate of drug-likeness (QED) is 0.533. The summed E-state index contributed by atoms with van der Waals surface area (Å²) in [6.45, 7) is 0. The molecule has 4 heteroatoms. The van der Waals surface area contributed by atoms with Gasteiger partial charge in [-0.2, -0.15) is 5.26 Å². The smallest absolute Gasteiger partial charge is 0.212 e. The van der Waals surface area contributed by atoms with E-state index < -0.39 is 0 Å². The molecule has 0 aliphatic heterocycles. The van der Waals surface area contributed by atoms with Gasteiger partial charge < -0.3 is 0 Å². The van der Waals surface area contributed by atoms with Crippen molar-refractivity contribution in [1.29, 1.82) is 5.26 Å². The van der Waals surface area contributed by atoms with E-state index in [0.29, 0.717) is 28.2 Å². The van der Waals surface area contributed by atoms with Crippen molar-refractivity contribution in [2.24, 2.45) is 0 Å². The van der Waals surface area contributed by atoms with Crippen LogP contribution >= 0.6 is 0 Å². The standard InChI is InChI=1S/C21H13N3O/c22-14-15-9-11-16(12-10-15)19-20(21(25)17-6-2-1-3-7-17)24-13-5-4-8-18(24)23-19/h1-13H. The van der Waals surface area contributed by atoms with Crippen molar-refractivity contribution in [1.82, 2.24) is 9.38 Å². The van der Waals surface area contributed by atoms with E-state index in [-0.39, 0.29) is 5.78 Å². The molecule has 0 radical (unpaired) electrons. The molecule has 0 aliphatic rings. The summed E-state index contributed by atoms with van der Waals surface area (Å²) in [5.74, 6) is -0.0846. The Hall–Kier alpha value is -3.71. The minimum atomic E-state index is -0.0846. The molecular formula is C21H13N3O. The summed E-state index contributed by atoms with van der Waals surface area (Å²) < 4.78 is 1.81. The Morgan fingerprint density at radius 1 is 0.920 bits per heavy atom. The first-order chi connectivity index (χ1) is 12.3. The Labute approximate surface area is 144 Å². The Balaban J connectivity index is 1.95. The first-order valence-corrected chi connectivity index (χ1v) is 7.85. The van der Waals surface area contributed by atoms with Crippen LogP contribution in [0, 0.1) is 11.3 Å². The lowest BCUT2D eigenvalue weighted by molar-refractivity contribution is 0.103. The molecule has 2 aromatic heterocycles. The average molecular weight is 323 g/mol. The van der Waals surface area contributed by atoms with Gasteiger partial charge in [-0.25, -0.2) is 4.98 Å². The monoisotopic (exact) mass is 323 g/mol. The van der Waals surface area contributed by atoms with Crippen LogP contribution in [0.3, 0.4) is 0 Å². The van der Waals surface area contributed by atoms with Crippen LogP contribution in [0.25, 0.3) is 16.9 Å². The molecule has 0 fully saturated rings. The number of nitriles is 1. The van der Waals surface area contributed by atoms with Gasteiger partial charge in [0.05, 0.1) is 11.6 Å². The van der Waals surface area contributed by atoms with Gasteiger partial charge in [0.1, 0.15) is 17.0 Å². The number of carbonyl (C=O) groups is 1. The molecule has 0 saturated heterocycles. The van der Waals surface area contributed by atoms with Gasteiger partial charge in [0, 0.05) is 17.3 Å². The lowest BCUT2D eigenvalue weighted by Gasteiger charge is -2.05. The first kappa shape index (κ1) is 14.9. The number of imidazole rings is 1. The molecule has 0 spiro atoms. The van der Waals surface area contributed by atoms with Crippen LogP contribution in [-0.2, 0) is 0 Å². The molecule has 0 unspecified atom stereocenters. The summed E-state index contributed by atoms with van der Waals surface area (Å²) in [5, 5.41) is 8.98. The van der Waals surface area contributed by atoms with Gasteiger partial charge in [0.25, 0.3) is 0 Å². The Morgan fingerprint density at radius 2 is 1.64 bits per heavy atom. The maximum absolute atomic E-state index is 13.1. The molecule has 2 aromatic carbocycles. The molecule has 2 heterocycles. The summed E-state index contributed by atoms with van der Waals surface area (Å²) in [6, 6.07) is 24.0. The van der Waals surface area contributed by atoms with E-state index in [1.807, 2.05) is 59.1 Å². The SMILES string of the molecule is N#Cc1ccc(-c2nc3ccccn3c2C(=O)c2ccccc2)cc1. The summed E-state index contributed by atoms with van der Waals surface area (Å²) in [6.07, 6.45) is 1.84. The topological polar surface area (TPSA) is 58.2 Å². The summed E-state index contributed by atoms with van der Waals surface area (Å²) in [5.41, 5.74) is 3.84. The molecule has 0 amide bonds. The minimum Gasteiger partial charge on any atom is -0.296 e. The Morgan fingerprint density at radius 3 is 2.36 bits per heavy atom. The molecule has 25 heavy (non-hydrogen) atoms. The van der Waals surface area contributed by atoms with E-state index in [1.54, 1.807) is 24.3 Å². The summed E-state index contributed by atoms with van der Waals surface area (Å²) >= 11 is 0. The third kappa shape index (κ3) is 2.58. The van der Waals surface area contributed by atoms with Crippen molar-refractivity contribution in [3.63, 3.8) is 0 Å². The van der Waals surface area contributed by atoms with Crippen molar-refractivity contribution in [2.75, 3.05) is 0 Å². The highest BCUT2D eigenvalue weighted by molar-refractivity contribution is 6.11. The Bertz CT molecular complexity index is 1100. The number of rotatable bonds is 3. The van der Waals surface area contributed by atoms with Gasteiger partial charge in [0.2, 0.25) is 5.78 Å². The predicted molar refractivity (Wildman–Crippen MR) is 95.2 cm³/mol. The highest BCUT2D eigenvalue weighted by Gasteiger charge is 2.21. The van der Waals surface area contributed by atoms with Gasteiger partial charge in [0.15, 0.2) is 0 Å². The number of pyridine rings is 1. The molecule has 0 aliphatic carbocycles. The lowest BCUT2D eigenvalue weighted by Crippen LogP contribution is -2.06. The molecule has 0 bridgehead atoms. The maximum atomic E-state index is 13.1. The fourth-order valence-corrected chi connectivity index (χ4v) is 2.84. The zero-order chi connectivity index (χ0) is 17.2. The molecule has 4 rings (SSSR count). The maximum Gasteiger partial charge on any atom is 0.212 e. The largest absolute Gasteiger partial charge is 0.296 e. The number of carbonyl (C=O) groups excluding carboxylic acids is 1. The van der Waals surface area contributed by atoms with E-state index >= 15 is 0 Å². The zero-order valence-corrected chi connectivity index (χ0v) is 13.3. The molecular weight excluding hydrogens is 310 g/mol. The summed E-state index contributed by atoms with van der Waals surface area (Å²) in [7, 11) is 0. The number of fused-ring (bicyclic) bond motifs is 1. The van der Waals surface area contributed by atoms with Crippen molar-refractivity contribution < 1.29 is 4.79 Å². The normalized spacial score (nSPS) is 10.5. The van der Waals surface area contributed by atoms with E-state index in [9.17, 15) is 4.79 Å². The van der Waals surface area contributed by atoms with Crippen LogP contribution in [0.1, 0.15) is 21.6 Å². The highest BCUT2D eigenvalue weighted by Crippen LogP contribution is 2.27. The number of hydrogen-bond donors (Lipinski definition) is 0. The number of hydrogen-bond acceptors (Lipinski definition) is 3. The van der Waals surface area contributed by atoms with E-state index in [4.69, 9.17) is 5.26 Å². The van der Waals surface area contributed by atoms with Crippen LogP contribution < -0.4 is 0 Å². The molecule has 4 nitrogen and oxygen atoms in total. The van der Waals surface area contributed by atoms with Crippen LogP contribution in [0.2, 0.25) is 0 Å². The van der Waals surface area contributed by atoms with E-state index in [1.165, 1.54) is 0 Å². The second kappa shape index (κ2) is 6.06. The van der Waals surface area contributed by atoms with E-state index in [0.717, 1.165) is 5.56 Å². The number of aromatic nitrogens is 2.